The number of unbranched alkanes of at least 4 members (excludes halogenated alkanes) is 1. The van der Waals surface area contributed by atoms with Crippen LogP contribution in [0.25, 0.3) is 0 Å². The van der Waals surface area contributed by atoms with E-state index in [2.05, 4.69) is 31.0 Å². The molecule has 2 aromatic carbocycles. The normalized spacial score (nSPS) is 10.7. The largest absolute Gasteiger partial charge is 0.497 e. The number of nitrogens with one attached hydrogen (secondary N) is 2. The minimum Gasteiger partial charge on any atom is -0.497 e. The molecule has 0 aliphatic rings. The van der Waals surface area contributed by atoms with E-state index in [1.807, 2.05) is 54.6 Å². The lowest BCUT2D eigenvalue weighted by atomic mass is 10.1. The van der Waals surface area contributed by atoms with Gasteiger partial charge in [0.15, 0.2) is 0 Å². The van der Waals surface area contributed by atoms with Crippen molar-refractivity contribution in [2.75, 3.05) is 17.7 Å². The van der Waals surface area contributed by atoms with Crippen LogP contribution in [0.2, 0.25) is 0 Å². The summed E-state index contributed by atoms with van der Waals surface area (Å²) >= 11 is 2.79. The highest BCUT2D eigenvalue weighted by Crippen LogP contribution is 2.21. The molecule has 0 unspecified atom stereocenters. The van der Waals surface area contributed by atoms with Crippen molar-refractivity contribution in [2.45, 2.75) is 38.5 Å². The molecule has 11 heteroatoms. The quantitative estimate of drug-likeness (QED) is 0.266. The molecule has 0 radical (unpaired) electrons. The van der Waals surface area contributed by atoms with Crippen LogP contribution in [0, 0.1) is 0 Å². The molecule has 186 valence electrons. The van der Waals surface area contributed by atoms with Crippen LogP contribution < -0.4 is 15.4 Å². The number of aromatic nitrogens is 4. The fourth-order valence-corrected chi connectivity index (χ4v) is 5.00. The summed E-state index contributed by atoms with van der Waals surface area (Å²) in [6.45, 7) is 0. The summed E-state index contributed by atoms with van der Waals surface area (Å²) in [5, 5.41) is 24.9. The number of hydrogen-bond acceptors (Lipinski definition) is 9. The van der Waals surface area contributed by atoms with Gasteiger partial charge in [-0.1, -0.05) is 65.1 Å². The first-order valence-electron chi connectivity index (χ1n) is 11.5. The molecule has 4 rings (SSSR count). The molecule has 0 atom stereocenters. The minimum absolute atomic E-state index is 0.105. The summed E-state index contributed by atoms with van der Waals surface area (Å²) < 4.78 is 5.13. The van der Waals surface area contributed by atoms with Crippen LogP contribution in [0.5, 0.6) is 5.75 Å². The lowest BCUT2D eigenvalue weighted by molar-refractivity contribution is -0.116. The van der Waals surface area contributed by atoms with Crippen LogP contribution in [-0.2, 0) is 35.3 Å². The summed E-state index contributed by atoms with van der Waals surface area (Å²) in [6, 6.07) is 17.0. The number of hydrogen-bond donors (Lipinski definition) is 2. The third-order valence-electron chi connectivity index (χ3n) is 5.19. The molecule has 2 heterocycles. The second-order valence-corrected chi connectivity index (χ2v) is 10.1. The van der Waals surface area contributed by atoms with Crippen LogP contribution in [0.1, 0.15) is 34.0 Å². The van der Waals surface area contributed by atoms with Gasteiger partial charge in [0.1, 0.15) is 15.8 Å². The van der Waals surface area contributed by atoms with E-state index in [1.54, 1.807) is 7.11 Å². The molecule has 0 saturated carbocycles. The highest BCUT2D eigenvalue weighted by Gasteiger charge is 2.11. The Morgan fingerprint density at radius 1 is 0.722 bits per heavy atom. The van der Waals surface area contributed by atoms with Crippen LogP contribution in [0.15, 0.2) is 54.6 Å². The third-order valence-corrected chi connectivity index (χ3v) is 6.99. The molecule has 0 aliphatic heterocycles. The Morgan fingerprint density at radius 3 is 1.72 bits per heavy atom. The number of anilines is 2. The van der Waals surface area contributed by atoms with Gasteiger partial charge in [0.2, 0.25) is 22.1 Å². The van der Waals surface area contributed by atoms with Crippen molar-refractivity contribution >= 4 is 44.8 Å². The number of amides is 2. The Bertz CT molecular complexity index is 1270. The fourth-order valence-electron chi connectivity index (χ4n) is 3.40. The fraction of sp³-hybridized carbons (Fsp3) is 0.280. The van der Waals surface area contributed by atoms with E-state index in [9.17, 15) is 9.59 Å². The van der Waals surface area contributed by atoms with Gasteiger partial charge in [-0.2, -0.15) is 0 Å². The molecule has 0 fully saturated rings. The average molecular weight is 523 g/mol. The van der Waals surface area contributed by atoms with Crippen LogP contribution in [-0.4, -0.2) is 39.3 Å². The maximum atomic E-state index is 12.3. The van der Waals surface area contributed by atoms with Gasteiger partial charge >= 0.3 is 0 Å². The average Bonchev–Trinajstić information content (AvgIpc) is 3.52. The zero-order valence-corrected chi connectivity index (χ0v) is 21.4. The third kappa shape index (κ3) is 7.92. The number of carbonyl (C=O) groups excluding carboxylic acids is 2. The van der Waals surface area contributed by atoms with E-state index in [4.69, 9.17) is 4.74 Å². The van der Waals surface area contributed by atoms with Crippen molar-refractivity contribution < 1.29 is 14.3 Å². The monoisotopic (exact) mass is 522 g/mol. The summed E-state index contributed by atoms with van der Waals surface area (Å²) in [5.74, 6) is 0.517. The lowest BCUT2D eigenvalue weighted by Gasteiger charge is -2.03. The minimum atomic E-state index is -0.134. The lowest BCUT2D eigenvalue weighted by Crippen LogP contribution is -2.14. The van der Waals surface area contributed by atoms with Gasteiger partial charge in [-0.3, -0.25) is 9.59 Å². The van der Waals surface area contributed by atoms with Crippen LogP contribution >= 0.6 is 22.7 Å². The summed E-state index contributed by atoms with van der Waals surface area (Å²) in [5.41, 5.74) is 1.85. The number of aryl methyl sites for hydroxylation is 2. The molecule has 2 amide bonds. The van der Waals surface area contributed by atoms with E-state index in [1.165, 1.54) is 22.7 Å². The highest BCUT2D eigenvalue weighted by molar-refractivity contribution is 7.15. The predicted molar refractivity (Wildman–Crippen MR) is 141 cm³/mol. The van der Waals surface area contributed by atoms with Gasteiger partial charge in [-0.05, 0) is 36.1 Å². The van der Waals surface area contributed by atoms with Crippen molar-refractivity contribution in [1.82, 2.24) is 20.4 Å². The van der Waals surface area contributed by atoms with Crippen molar-refractivity contribution in [3.8, 4) is 5.75 Å². The number of nitrogens with zero attached hydrogens (tertiary/aromatic N) is 4. The first kappa shape index (κ1) is 25.4. The Hall–Kier alpha value is -3.70. The van der Waals surface area contributed by atoms with E-state index in [0.29, 0.717) is 16.7 Å². The SMILES string of the molecule is COc1ccc(CC(=O)Nc2nnc(CCCCc3nnc(NC(=O)Cc4ccccc4)s3)s2)cc1. The van der Waals surface area contributed by atoms with Gasteiger partial charge in [-0.15, -0.1) is 20.4 Å². The number of methoxy groups -OCH3 is 1. The molecular weight excluding hydrogens is 496 g/mol. The Morgan fingerprint density at radius 2 is 1.22 bits per heavy atom. The number of carbonyl (C=O) groups is 2. The number of rotatable bonds is 12. The Kier molecular flexibility index (Phi) is 9.06. The maximum Gasteiger partial charge on any atom is 0.230 e. The van der Waals surface area contributed by atoms with Crippen molar-refractivity contribution in [1.29, 1.82) is 0 Å². The zero-order chi connectivity index (χ0) is 25.2. The molecule has 2 aromatic heterocycles. The van der Waals surface area contributed by atoms with Gasteiger partial charge in [0, 0.05) is 12.8 Å². The molecule has 9 nitrogen and oxygen atoms in total. The van der Waals surface area contributed by atoms with E-state index < -0.39 is 0 Å². The first-order valence-corrected chi connectivity index (χ1v) is 13.1. The molecule has 0 saturated heterocycles. The molecule has 0 bridgehead atoms. The Balaban J connectivity index is 1.14. The van der Waals surface area contributed by atoms with Crippen molar-refractivity contribution in [3.63, 3.8) is 0 Å². The highest BCUT2D eigenvalue weighted by atomic mass is 32.1. The van der Waals surface area contributed by atoms with Crippen LogP contribution in [0.4, 0.5) is 10.3 Å². The topological polar surface area (TPSA) is 119 Å². The standard InChI is InChI=1S/C25H26N6O3S2/c1-34-19-13-11-18(12-14-19)16-21(33)27-25-31-29-23(36-25)10-6-5-9-22-28-30-24(35-22)26-20(32)15-17-7-3-2-4-8-17/h2-4,7-8,11-14H,5-6,9-10,15-16H2,1H3,(H,26,30,32)(H,27,31,33). The van der Waals surface area contributed by atoms with Gasteiger partial charge in [-0.25, -0.2) is 0 Å². The maximum absolute atomic E-state index is 12.3. The smallest absolute Gasteiger partial charge is 0.230 e. The number of ether oxygens (including phenoxy) is 1. The second-order valence-electron chi connectivity index (χ2n) is 7.99. The summed E-state index contributed by atoms with van der Waals surface area (Å²) in [4.78, 5) is 24.5. The van der Waals surface area contributed by atoms with Gasteiger partial charge in [0.05, 0.1) is 20.0 Å². The van der Waals surface area contributed by atoms with E-state index in [0.717, 1.165) is 52.6 Å². The summed E-state index contributed by atoms with van der Waals surface area (Å²) in [7, 11) is 1.61. The summed E-state index contributed by atoms with van der Waals surface area (Å²) in [6.07, 6.45) is 3.92. The second kappa shape index (κ2) is 12.8. The molecule has 0 aliphatic carbocycles. The van der Waals surface area contributed by atoms with Crippen molar-refractivity contribution in [3.05, 3.63) is 75.7 Å². The van der Waals surface area contributed by atoms with E-state index >= 15 is 0 Å². The molecule has 0 spiro atoms. The van der Waals surface area contributed by atoms with Gasteiger partial charge < -0.3 is 15.4 Å². The Labute approximate surface area is 217 Å². The van der Waals surface area contributed by atoms with Gasteiger partial charge in [0.25, 0.3) is 0 Å². The van der Waals surface area contributed by atoms with Crippen LogP contribution in [0.3, 0.4) is 0 Å². The van der Waals surface area contributed by atoms with E-state index in [-0.39, 0.29) is 18.2 Å². The predicted octanol–water partition coefficient (Wildman–Crippen LogP) is 4.33. The van der Waals surface area contributed by atoms with Crippen molar-refractivity contribution in [2.24, 2.45) is 0 Å². The molecule has 36 heavy (non-hydrogen) atoms. The zero-order valence-electron chi connectivity index (χ0n) is 19.8. The molecular formula is C25H26N6O3S2. The molecule has 4 aromatic rings. The number of benzene rings is 2. The first-order chi connectivity index (χ1) is 17.6. The molecule has 2 N–H and O–H groups in total.